The van der Waals surface area contributed by atoms with Crippen molar-refractivity contribution < 1.29 is 17.6 Å². The molecule has 2 nitrogen and oxygen atoms in total. The Morgan fingerprint density at radius 3 is 2.35 bits per heavy atom. The second kappa shape index (κ2) is 5.20. The minimum atomic E-state index is -4.54. The Bertz CT molecular complexity index is 632. The van der Waals surface area contributed by atoms with Gasteiger partial charge in [-0.15, -0.1) is 0 Å². The second-order valence-corrected chi connectivity index (χ2v) is 5.78. The molecule has 1 unspecified atom stereocenters. The summed E-state index contributed by atoms with van der Waals surface area (Å²) in [5.74, 6) is -0.617. The Labute approximate surface area is 121 Å². The van der Waals surface area contributed by atoms with Crippen LogP contribution in [0.25, 0.3) is 5.69 Å². The van der Waals surface area contributed by atoms with Crippen LogP contribution in [0.1, 0.15) is 28.7 Å². The number of halogens is 5. The average molecular weight is 351 g/mol. The molecular weight excluding hydrogens is 340 g/mol. The molecule has 2 aromatic rings. The third kappa shape index (κ3) is 2.87. The van der Waals surface area contributed by atoms with Crippen LogP contribution in [0, 0.1) is 12.7 Å². The van der Waals surface area contributed by atoms with Crippen LogP contribution in [0.4, 0.5) is 17.6 Å². The Morgan fingerprint density at radius 2 is 1.90 bits per heavy atom. The molecule has 0 aliphatic carbocycles. The van der Waals surface area contributed by atoms with Gasteiger partial charge in [0.1, 0.15) is 11.5 Å². The SMILES string of the molecule is Cc1cc(C(F)(F)F)nn1-c1ccc(C(C)Br)cc1F. The van der Waals surface area contributed by atoms with E-state index in [2.05, 4.69) is 21.0 Å². The summed E-state index contributed by atoms with van der Waals surface area (Å²) in [4.78, 5) is -0.0458. The monoisotopic (exact) mass is 350 g/mol. The molecule has 1 heterocycles. The number of rotatable bonds is 2. The molecule has 0 aliphatic heterocycles. The van der Waals surface area contributed by atoms with E-state index in [-0.39, 0.29) is 16.2 Å². The maximum absolute atomic E-state index is 14.0. The summed E-state index contributed by atoms with van der Waals surface area (Å²) >= 11 is 3.30. The molecule has 0 N–H and O–H groups in total. The molecule has 0 saturated carbocycles. The maximum atomic E-state index is 14.0. The van der Waals surface area contributed by atoms with Crippen molar-refractivity contribution in [3.05, 3.63) is 47.0 Å². The number of nitrogens with zero attached hydrogens (tertiary/aromatic N) is 2. The van der Waals surface area contributed by atoms with Gasteiger partial charge in [0.15, 0.2) is 5.69 Å². The molecule has 0 aliphatic rings. The molecule has 2 rings (SSSR count). The molecule has 1 aromatic heterocycles. The van der Waals surface area contributed by atoms with E-state index in [1.54, 1.807) is 6.07 Å². The van der Waals surface area contributed by atoms with Crippen LogP contribution < -0.4 is 0 Å². The predicted octanol–water partition coefficient (Wildman–Crippen LogP) is 4.79. The fraction of sp³-hybridized carbons (Fsp3) is 0.308. The molecule has 0 amide bonds. The normalized spacial score (nSPS) is 13.6. The summed E-state index contributed by atoms with van der Waals surface area (Å²) in [6.45, 7) is 3.28. The third-order valence-corrected chi connectivity index (χ3v) is 3.37. The van der Waals surface area contributed by atoms with Gasteiger partial charge in [0.2, 0.25) is 0 Å². The van der Waals surface area contributed by atoms with Crippen molar-refractivity contribution in [2.45, 2.75) is 24.9 Å². The van der Waals surface area contributed by atoms with Gasteiger partial charge in [-0.2, -0.15) is 18.3 Å². The van der Waals surface area contributed by atoms with E-state index in [1.807, 2.05) is 6.92 Å². The first kappa shape index (κ1) is 15.0. The molecule has 108 valence electrons. The summed E-state index contributed by atoms with van der Waals surface area (Å²) in [5, 5.41) is 3.43. The summed E-state index contributed by atoms with van der Waals surface area (Å²) in [6, 6.07) is 5.23. The minimum absolute atomic E-state index is 0.00472. The quantitative estimate of drug-likeness (QED) is 0.562. The summed E-state index contributed by atoms with van der Waals surface area (Å²) in [5.41, 5.74) is -0.120. The van der Waals surface area contributed by atoms with Crippen molar-refractivity contribution in [3.8, 4) is 5.69 Å². The number of hydrogen-bond donors (Lipinski definition) is 0. The Morgan fingerprint density at radius 1 is 1.25 bits per heavy atom. The topological polar surface area (TPSA) is 17.8 Å². The lowest BCUT2D eigenvalue weighted by Gasteiger charge is -2.09. The fourth-order valence-corrected chi connectivity index (χ4v) is 2.08. The standard InChI is InChI=1S/C13H11BrF4N2/c1-7-5-12(13(16,17)18)19-20(7)11-4-3-9(8(2)14)6-10(11)15/h3-6,8H,1-2H3. The lowest BCUT2D eigenvalue weighted by molar-refractivity contribution is -0.141. The van der Waals surface area contributed by atoms with Gasteiger partial charge in [-0.05, 0) is 37.6 Å². The highest BCUT2D eigenvalue weighted by Gasteiger charge is 2.34. The van der Waals surface area contributed by atoms with E-state index < -0.39 is 17.7 Å². The van der Waals surface area contributed by atoms with Crippen LogP contribution in [0.5, 0.6) is 0 Å². The predicted molar refractivity (Wildman–Crippen MR) is 70.6 cm³/mol. The number of benzene rings is 1. The van der Waals surface area contributed by atoms with Gasteiger partial charge in [0, 0.05) is 10.5 Å². The van der Waals surface area contributed by atoms with E-state index >= 15 is 0 Å². The summed E-state index contributed by atoms with van der Waals surface area (Å²) in [6.07, 6.45) is -4.54. The molecular formula is C13H11BrF4N2. The molecule has 0 bridgehead atoms. The van der Waals surface area contributed by atoms with E-state index in [0.717, 1.165) is 10.7 Å². The van der Waals surface area contributed by atoms with Crippen molar-refractivity contribution in [1.29, 1.82) is 0 Å². The minimum Gasteiger partial charge on any atom is -0.235 e. The highest BCUT2D eigenvalue weighted by Crippen LogP contribution is 2.30. The van der Waals surface area contributed by atoms with Crippen molar-refractivity contribution in [1.82, 2.24) is 9.78 Å². The largest absolute Gasteiger partial charge is 0.435 e. The first-order valence-electron chi connectivity index (χ1n) is 5.78. The summed E-state index contributed by atoms with van der Waals surface area (Å²) in [7, 11) is 0. The molecule has 7 heteroatoms. The van der Waals surface area contributed by atoms with E-state index in [1.165, 1.54) is 19.1 Å². The average Bonchev–Trinajstić information content (AvgIpc) is 2.71. The number of alkyl halides is 4. The third-order valence-electron chi connectivity index (χ3n) is 2.84. The molecule has 1 aromatic carbocycles. The number of aromatic nitrogens is 2. The highest BCUT2D eigenvalue weighted by atomic mass is 79.9. The zero-order valence-corrected chi connectivity index (χ0v) is 12.3. The van der Waals surface area contributed by atoms with Gasteiger partial charge in [0.25, 0.3) is 0 Å². The van der Waals surface area contributed by atoms with Crippen molar-refractivity contribution in [3.63, 3.8) is 0 Å². The number of hydrogen-bond acceptors (Lipinski definition) is 1. The van der Waals surface area contributed by atoms with Gasteiger partial charge in [-0.3, -0.25) is 0 Å². The molecule has 0 spiro atoms. The van der Waals surface area contributed by atoms with E-state index in [9.17, 15) is 17.6 Å². The van der Waals surface area contributed by atoms with Crippen LogP contribution in [0.15, 0.2) is 24.3 Å². The van der Waals surface area contributed by atoms with Crippen molar-refractivity contribution >= 4 is 15.9 Å². The van der Waals surface area contributed by atoms with Crippen molar-refractivity contribution in [2.75, 3.05) is 0 Å². The zero-order chi connectivity index (χ0) is 15.1. The van der Waals surface area contributed by atoms with Crippen LogP contribution in [0.2, 0.25) is 0 Å². The van der Waals surface area contributed by atoms with E-state index in [4.69, 9.17) is 0 Å². The van der Waals surface area contributed by atoms with E-state index in [0.29, 0.717) is 5.56 Å². The molecule has 0 fully saturated rings. The van der Waals surface area contributed by atoms with Gasteiger partial charge < -0.3 is 0 Å². The van der Waals surface area contributed by atoms with Gasteiger partial charge in [0.05, 0.1) is 0 Å². The lowest BCUT2D eigenvalue weighted by atomic mass is 10.1. The van der Waals surface area contributed by atoms with Crippen molar-refractivity contribution in [2.24, 2.45) is 0 Å². The number of aryl methyl sites for hydroxylation is 1. The van der Waals surface area contributed by atoms with Crippen LogP contribution >= 0.6 is 15.9 Å². The first-order chi connectivity index (χ1) is 9.20. The first-order valence-corrected chi connectivity index (χ1v) is 6.69. The van der Waals surface area contributed by atoms with Gasteiger partial charge in [-0.25, -0.2) is 9.07 Å². The Hall–Kier alpha value is -1.37. The van der Waals surface area contributed by atoms with Crippen LogP contribution in [-0.2, 0) is 6.18 Å². The maximum Gasteiger partial charge on any atom is 0.435 e. The lowest BCUT2D eigenvalue weighted by Crippen LogP contribution is -2.08. The fourth-order valence-electron chi connectivity index (χ4n) is 1.80. The van der Waals surface area contributed by atoms with Crippen LogP contribution in [0.3, 0.4) is 0 Å². The molecule has 20 heavy (non-hydrogen) atoms. The zero-order valence-electron chi connectivity index (χ0n) is 10.7. The summed E-state index contributed by atoms with van der Waals surface area (Å²) < 4.78 is 52.8. The highest BCUT2D eigenvalue weighted by molar-refractivity contribution is 9.09. The molecule has 1 atom stereocenters. The van der Waals surface area contributed by atoms with Crippen LogP contribution in [-0.4, -0.2) is 9.78 Å². The molecule has 0 radical (unpaired) electrons. The Balaban J connectivity index is 2.50. The van der Waals surface area contributed by atoms with Gasteiger partial charge >= 0.3 is 6.18 Å². The smallest absolute Gasteiger partial charge is 0.235 e. The second-order valence-electron chi connectivity index (χ2n) is 4.41. The molecule has 0 saturated heterocycles. The Kier molecular flexibility index (Phi) is 3.90. The van der Waals surface area contributed by atoms with Gasteiger partial charge in [-0.1, -0.05) is 22.0 Å².